The first-order valence-corrected chi connectivity index (χ1v) is 6.58. The molecule has 2 amide bonds. The van der Waals surface area contributed by atoms with E-state index in [-0.39, 0.29) is 13.0 Å². The Labute approximate surface area is 117 Å². The van der Waals surface area contributed by atoms with Crippen LogP contribution in [-0.4, -0.2) is 45.8 Å². The molecular weight excluding hydrogens is 260 g/mol. The first-order valence-electron chi connectivity index (χ1n) is 6.58. The van der Waals surface area contributed by atoms with Gasteiger partial charge >= 0.3 is 12.0 Å². The summed E-state index contributed by atoms with van der Waals surface area (Å²) in [6.07, 6.45) is 0.130. The van der Waals surface area contributed by atoms with Crippen LogP contribution in [0.1, 0.15) is 18.9 Å². The zero-order valence-electron chi connectivity index (χ0n) is 11.2. The van der Waals surface area contributed by atoms with Gasteiger partial charge < -0.3 is 20.4 Å². The van der Waals surface area contributed by atoms with Crippen molar-refractivity contribution in [2.45, 2.75) is 31.9 Å². The molecule has 1 aromatic carbocycles. The number of likely N-dealkylation sites (tertiary alicyclic amines) is 1. The lowest BCUT2D eigenvalue weighted by Crippen LogP contribution is -2.43. The topological polar surface area (TPSA) is 89.9 Å². The highest BCUT2D eigenvalue weighted by atomic mass is 16.4. The second kappa shape index (κ2) is 5.92. The SMILES string of the molecule is CCc1cccc(NC(=O)N2C[C@H](O)C[C@@H]2C(=O)O)c1. The second-order valence-electron chi connectivity index (χ2n) is 4.88. The van der Waals surface area contributed by atoms with Crippen molar-refractivity contribution >= 4 is 17.7 Å². The Morgan fingerprint density at radius 1 is 1.45 bits per heavy atom. The highest BCUT2D eigenvalue weighted by Crippen LogP contribution is 2.20. The van der Waals surface area contributed by atoms with Crippen LogP contribution >= 0.6 is 0 Å². The molecule has 0 unspecified atom stereocenters. The Kier molecular flexibility index (Phi) is 4.24. The van der Waals surface area contributed by atoms with E-state index in [9.17, 15) is 14.7 Å². The van der Waals surface area contributed by atoms with Crippen LogP contribution in [0.3, 0.4) is 0 Å². The van der Waals surface area contributed by atoms with Crippen LogP contribution in [0, 0.1) is 0 Å². The number of nitrogens with one attached hydrogen (secondary N) is 1. The molecule has 108 valence electrons. The summed E-state index contributed by atoms with van der Waals surface area (Å²) >= 11 is 0. The highest BCUT2D eigenvalue weighted by Gasteiger charge is 2.38. The first-order chi connectivity index (χ1) is 9.51. The molecule has 1 fully saturated rings. The summed E-state index contributed by atoms with van der Waals surface area (Å²) in [4.78, 5) is 24.4. The molecule has 2 rings (SSSR count). The summed E-state index contributed by atoms with van der Waals surface area (Å²) in [6, 6.07) is 5.91. The number of aryl methyl sites for hydroxylation is 1. The predicted octanol–water partition coefficient (Wildman–Crippen LogP) is 1.30. The third kappa shape index (κ3) is 3.08. The van der Waals surface area contributed by atoms with Gasteiger partial charge in [-0.25, -0.2) is 9.59 Å². The largest absolute Gasteiger partial charge is 0.480 e. The molecule has 2 atom stereocenters. The monoisotopic (exact) mass is 278 g/mol. The molecule has 6 heteroatoms. The minimum atomic E-state index is -1.10. The molecule has 1 saturated heterocycles. The summed E-state index contributed by atoms with van der Waals surface area (Å²) in [7, 11) is 0. The van der Waals surface area contributed by atoms with Crippen molar-refractivity contribution in [3.63, 3.8) is 0 Å². The fourth-order valence-electron chi connectivity index (χ4n) is 2.34. The molecule has 1 aromatic rings. The van der Waals surface area contributed by atoms with Gasteiger partial charge in [0.15, 0.2) is 0 Å². The van der Waals surface area contributed by atoms with Gasteiger partial charge in [-0.15, -0.1) is 0 Å². The summed E-state index contributed by atoms with van der Waals surface area (Å²) in [5.41, 5.74) is 1.71. The van der Waals surface area contributed by atoms with Gasteiger partial charge in [-0.05, 0) is 24.1 Å². The number of hydrogen-bond donors (Lipinski definition) is 3. The first kappa shape index (κ1) is 14.3. The van der Waals surface area contributed by atoms with Crippen molar-refractivity contribution in [1.82, 2.24) is 4.90 Å². The number of β-amino-alcohol motifs (C(OH)–C–C–N with tert-alkyl or cyclic N) is 1. The maximum atomic E-state index is 12.1. The zero-order chi connectivity index (χ0) is 14.7. The van der Waals surface area contributed by atoms with Crippen molar-refractivity contribution in [2.75, 3.05) is 11.9 Å². The quantitative estimate of drug-likeness (QED) is 0.777. The average molecular weight is 278 g/mol. The molecule has 0 aliphatic carbocycles. The fourth-order valence-corrected chi connectivity index (χ4v) is 2.34. The van der Waals surface area contributed by atoms with Gasteiger partial charge in [-0.3, -0.25) is 0 Å². The zero-order valence-corrected chi connectivity index (χ0v) is 11.2. The van der Waals surface area contributed by atoms with Crippen LogP contribution in [0.25, 0.3) is 0 Å². The fraction of sp³-hybridized carbons (Fsp3) is 0.429. The number of anilines is 1. The van der Waals surface area contributed by atoms with E-state index < -0.39 is 24.1 Å². The predicted molar refractivity (Wildman–Crippen MR) is 73.6 cm³/mol. The number of hydrogen-bond acceptors (Lipinski definition) is 3. The molecule has 20 heavy (non-hydrogen) atoms. The summed E-state index contributed by atoms with van der Waals surface area (Å²) in [5.74, 6) is -1.10. The van der Waals surface area contributed by atoms with Crippen LogP contribution in [-0.2, 0) is 11.2 Å². The van der Waals surface area contributed by atoms with E-state index in [2.05, 4.69) is 5.32 Å². The minimum Gasteiger partial charge on any atom is -0.480 e. The number of benzene rings is 1. The van der Waals surface area contributed by atoms with Crippen LogP contribution in [0.5, 0.6) is 0 Å². The van der Waals surface area contributed by atoms with Crippen LogP contribution < -0.4 is 5.32 Å². The lowest BCUT2D eigenvalue weighted by molar-refractivity contribution is -0.141. The standard InChI is InChI=1S/C14H18N2O4/c1-2-9-4-3-5-10(6-9)15-14(20)16-8-11(17)7-12(16)13(18)19/h3-6,11-12,17H,2,7-8H2,1H3,(H,15,20)(H,18,19)/t11-,12-/m1/s1. The molecule has 0 spiro atoms. The maximum Gasteiger partial charge on any atom is 0.326 e. The maximum absolute atomic E-state index is 12.1. The van der Waals surface area contributed by atoms with Crippen molar-refractivity contribution in [2.24, 2.45) is 0 Å². The van der Waals surface area contributed by atoms with E-state index in [1.165, 1.54) is 0 Å². The Morgan fingerprint density at radius 3 is 2.85 bits per heavy atom. The van der Waals surface area contributed by atoms with Gasteiger partial charge in [0.1, 0.15) is 6.04 Å². The van der Waals surface area contributed by atoms with Crippen LogP contribution in [0.2, 0.25) is 0 Å². The average Bonchev–Trinajstić information content (AvgIpc) is 2.81. The molecular formula is C14H18N2O4. The van der Waals surface area contributed by atoms with Crippen molar-refractivity contribution in [3.8, 4) is 0 Å². The number of nitrogens with zero attached hydrogens (tertiary/aromatic N) is 1. The van der Waals surface area contributed by atoms with Gasteiger partial charge in [0.25, 0.3) is 0 Å². The molecule has 0 radical (unpaired) electrons. The Balaban J connectivity index is 2.09. The molecule has 1 aliphatic rings. The van der Waals surface area contributed by atoms with Crippen molar-refractivity contribution in [1.29, 1.82) is 0 Å². The highest BCUT2D eigenvalue weighted by molar-refractivity contribution is 5.92. The molecule has 0 saturated carbocycles. The van der Waals surface area contributed by atoms with E-state index in [4.69, 9.17) is 5.11 Å². The van der Waals surface area contributed by atoms with Crippen molar-refractivity contribution in [3.05, 3.63) is 29.8 Å². The van der Waals surface area contributed by atoms with Crippen LogP contribution in [0.15, 0.2) is 24.3 Å². The number of carbonyl (C=O) groups is 2. The number of carboxylic acid groups (broad SMARTS) is 1. The lowest BCUT2D eigenvalue weighted by atomic mass is 10.1. The number of urea groups is 1. The smallest absolute Gasteiger partial charge is 0.326 e. The number of carbonyl (C=O) groups excluding carboxylic acids is 1. The van der Waals surface area contributed by atoms with E-state index in [0.717, 1.165) is 16.9 Å². The number of aliphatic hydroxyl groups excluding tert-OH is 1. The number of aliphatic carboxylic acids is 1. The number of carboxylic acids is 1. The Bertz CT molecular complexity index is 518. The molecule has 3 N–H and O–H groups in total. The summed E-state index contributed by atoms with van der Waals surface area (Å²) < 4.78 is 0. The molecule has 1 aliphatic heterocycles. The van der Waals surface area contributed by atoms with E-state index >= 15 is 0 Å². The molecule has 6 nitrogen and oxygen atoms in total. The Hall–Kier alpha value is -2.08. The normalized spacial score (nSPS) is 21.8. The van der Waals surface area contributed by atoms with Gasteiger partial charge in [0.2, 0.25) is 0 Å². The van der Waals surface area contributed by atoms with Crippen molar-refractivity contribution < 1.29 is 19.8 Å². The molecule has 0 bridgehead atoms. The number of aliphatic hydroxyl groups is 1. The van der Waals surface area contributed by atoms with E-state index in [0.29, 0.717) is 5.69 Å². The third-order valence-electron chi connectivity index (χ3n) is 3.41. The Morgan fingerprint density at radius 2 is 2.20 bits per heavy atom. The second-order valence-corrected chi connectivity index (χ2v) is 4.88. The van der Waals surface area contributed by atoms with Gasteiger partial charge in [-0.1, -0.05) is 19.1 Å². The molecule has 1 heterocycles. The summed E-state index contributed by atoms with van der Waals surface area (Å²) in [6.45, 7) is 2.05. The van der Waals surface area contributed by atoms with E-state index in [1.807, 2.05) is 25.1 Å². The summed E-state index contributed by atoms with van der Waals surface area (Å²) in [5, 5.41) is 21.3. The minimum absolute atomic E-state index is 0.0380. The number of rotatable bonds is 3. The van der Waals surface area contributed by atoms with E-state index in [1.54, 1.807) is 6.07 Å². The van der Waals surface area contributed by atoms with Gasteiger partial charge in [0.05, 0.1) is 6.10 Å². The lowest BCUT2D eigenvalue weighted by Gasteiger charge is -2.21. The molecule has 0 aromatic heterocycles. The van der Waals surface area contributed by atoms with Gasteiger partial charge in [-0.2, -0.15) is 0 Å². The number of amides is 2. The third-order valence-corrected chi connectivity index (χ3v) is 3.41. The van der Waals surface area contributed by atoms with Gasteiger partial charge in [0, 0.05) is 18.7 Å². The van der Waals surface area contributed by atoms with Crippen LogP contribution in [0.4, 0.5) is 10.5 Å².